The molecule has 1 atom stereocenters. The molecule has 0 saturated carbocycles. The van der Waals surface area contributed by atoms with E-state index in [2.05, 4.69) is 5.32 Å². The predicted octanol–water partition coefficient (Wildman–Crippen LogP) is 1.71. The number of nitrogens with one attached hydrogen (secondary N) is 1. The highest BCUT2D eigenvalue weighted by Crippen LogP contribution is 2.21. The Balaban J connectivity index is 2.77. The lowest BCUT2D eigenvalue weighted by Gasteiger charge is -2.08. The van der Waals surface area contributed by atoms with E-state index in [0.29, 0.717) is 5.69 Å². The van der Waals surface area contributed by atoms with Gasteiger partial charge >= 0.3 is 5.97 Å². The molecule has 0 bridgehead atoms. The molecular weight excluding hydrogens is 244 g/mol. The van der Waals surface area contributed by atoms with Crippen molar-refractivity contribution in [3.05, 3.63) is 28.8 Å². The van der Waals surface area contributed by atoms with Crippen LogP contribution in [0, 0.1) is 0 Å². The first-order valence-electron chi connectivity index (χ1n) is 4.98. The summed E-state index contributed by atoms with van der Waals surface area (Å²) in [6, 6.07) is 3.98. The fourth-order valence-corrected chi connectivity index (χ4v) is 1.53. The zero-order valence-electron chi connectivity index (χ0n) is 9.24. The number of carbonyl (C=O) groups excluding carboxylic acids is 1. The van der Waals surface area contributed by atoms with Gasteiger partial charge in [0.05, 0.1) is 10.6 Å². The van der Waals surface area contributed by atoms with E-state index < -0.39 is 5.97 Å². The third-order valence-corrected chi connectivity index (χ3v) is 2.30. The van der Waals surface area contributed by atoms with Gasteiger partial charge in [-0.15, -0.1) is 0 Å². The standard InChI is InChI=1S/C11H13ClN2O3/c1-6(13)4-10(15)14-7-2-3-8(11(16)17)9(12)5-7/h2-3,5-6H,4,13H2,1H3,(H,14,15)(H,16,17). The van der Waals surface area contributed by atoms with E-state index in [1.807, 2.05) is 0 Å². The van der Waals surface area contributed by atoms with Crippen LogP contribution in [-0.4, -0.2) is 23.0 Å². The zero-order chi connectivity index (χ0) is 13.0. The maximum Gasteiger partial charge on any atom is 0.337 e. The molecule has 0 aromatic heterocycles. The fourth-order valence-electron chi connectivity index (χ4n) is 1.27. The first kappa shape index (κ1) is 13.5. The summed E-state index contributed by atoms with van der Waals surface area (Å²) >= 11 is 5.76. The van der Waals surface area contributed by atoms with Crippen LogP contribution in [-0.2, 0) is 4.79 Å². The first-order chi connectivity index (χ1) is 7.90. The van der Waals surface area contributed by atoms with Gasteiger partial charge in [-0.1, -0.05) is 11.6 Å². The number of carboxylic acid groups (broad SMARTS) is 1. The van der Waals surface area contributed by atoms with Crippen LogP contribution < -0.4 is 11.1 Å². The molecule has 0 fully saturated rings. The normalized spacial score (nSPS) is 11.9. The average Bonchev–Trinajstić information content (AvgIpc) is 2.15. The molecular formula is C11H13ClN2O3. The van der Waals surface area contributed by atoms with Crippen LogP contribution in [0.1, 0.15) is 23.7 Å². The number of amides is 1. The fraction of sp³-hybridized carbons (Fsp3) is 0.273. The number of hydrogen-bond donors (Lipinski definition) is 3. The van der Waals surface area contributed by atoms with E-state index in [1.165, 1.54) is 18.2 Å². The van der Waals surface area contributed by atoms with Crippen molar-refractivity contribution in [1.29, 1.82) is 0 Å². The van der Waals surface area contributed by atoms with Crippen LogP contribution in [0.5, 0.6) is 0 Å². The van der Waals surface area contributed by atoms with E-state index in [0.717, 1.165) is 0 Å². The number of halogens is 1. The summed E-state index contributed by atoms with van der Waals surface area (Å²) in [5, 5.41) is 11.4. The second kappa shape index (κ2) is 5.65. The first-order valence-corrected chi connectivity index (χ1v) is 5.36. The minimum absolute atomic E-state index is 0.00291. The van der Waals surface area contributed by atoms with Crippen LogP contribution in [0.15, 0.2) is 18.2 Å². The van der Waals surface area contributed by atoms with Gasteiger partial charge in [0.1, 0.15) is 0 Å². The van der Waals surface area contributed by atoms with Crippen LogP contribution in [0.2, 0.25) is 5.02 Å². The predicted molar refractivity (Wildman–Crippen MR) is 65.3 cm³/mol. The number of aromatic carboxylic acids is 1. The molecule has 0 spiro atoms. The van der Waals surface area contributed by atoms with Gasteiger partial charge in [-0.2, -0.15) is 0 Å². The van der Waals surface area contributed by atoms with E-state index in [4.69, 9.17) is 22.4 Å². The largest absolute Gasteiger partial charge is 0.478 e. The topological polar surface area (TPSA) is 92.4 Å². The van der Waals surface area contributed by atoms with Crippen molar-refractivity contribution in [1.82, 2.24) is 0 Å². The van der Waals surface area contributed by atoms with Crippen LogP contribution in [0.25, 0.3) is 0 Å². The van der Waals surface area contributed by atoms with Gasteiger partial charge in [0, 0.05) is 18.2 Å². The van der Waals surface area contributed by atoms with Crippen molar-refractivity contribution in [3.8, 4) is 0 Å². The molecule has 92 valence electrons. The molecule has 1 aromatic carbocycles. The van der Waals surface area contributed by atoms with Crippen LogP contribution in [0.4, 0.5) is 5.69 Å². The molecule has 0 aliphatic heterocycles. The molecule has 1 amide bonds. The smallest absolute Gasteiger partial charge is 0.337 e. The maximum absolute atomic E-state index is 11.4. The number of anilines is 1. The van der Waals surface area contributed by atoms with E-state index >= 15 is 0 Å². The van der Waals surface area contributed by atoms with Gasteiger partial charge < -0.3 is 16.2 Å². The highest BCUT2D eigenvalue weighted by atomic mass is 35.5. The molecule has 0 saturated heterocycles. The Morgan fingerprint density at radius 3 is 2.65 bits per heavy atom. The van der Waals surface area contributed by atoms with Gasteiger partial charge in [-0.25, -0.2) is 4.79 Å². The molecule has 17 heavy (non-hydrogen) atoms. The van der Waals surface area contributed by atoms with Crippen LogP contribution in [0.3, 0.4) is 0 Å². The summed E-state index contributed by atoms with van der Waals surface area (Å²) in [5.74, 6) is -1.34. The van der Waals surface area contributed by atoms with Crippen molar-refractivity contribution in [2.45, 2.75) is 19.4 Å². The zero-order valence-corrected chi connectivity index (χ0v) is 9.99. The third-order valence-electron chi connectivity index (χ3n) is 1.99. The Labute approximate surface area is 104 Å². The number of hydrogen-bond acceptors (Lipinski definition) is 3. The number of nitrogens with two attached hydrogens (primary N) is 1. The monoisotopic (exact) mass is 256 g/mol. The maximum atomic E-state index is 11.4. The molecule has 0 aliphatic carbocycles. The molecule has 5 nitrogen and oxygen atoms in total. The quantitative estimate of drug-likeness (QED) is 0.765. The lowest BCUT2D eigenvalue weighted by atomic mass is 10.2. The Bertz CT molecular complexity index is 446. The summed E-state index contributed by atoms with van der Waals surface area (Å²) in [7, 11) is 0. The van der Waals surface area contributed by atoms with E-state index in [1.54, 1.807) is 6.92 Å². The summed E-state index contributed by atoms with van der Waals surface area (Å²) in [6.45, 7) is 1.72. The second-order valence-corrected chi connectivity index (χ2v) is 4.14. The van der Waals surface area contributed by atoms with Crippen molar-refractivity contribution >= 4 is 29.2 Å². The molecule has 6 heteroatoms. The number of benzene rings is 1. The van der Waals surface area contributed by atoms with Gasteiger partial charge in [0.2, 0.25) is 5.91 Å². The number of carboxylic acids is 1. The molecule has 1 aromatic rings. The minimum atomic E-state index is -1.11. The van der Waals surface area contributed by atoms with E-state index in [9.17, 15) is 9.59 Å². The summed E-state index contributed by atoms with van der Waals surface area (Å²) < 4.78 is 0. The molecule has 0 radical (unpaired) electrons. The Kier molecular flexibility index (Phi) is 4.48. The van der Waals surface area contributed by atoms with Crippen molar-refractivity contribution in [3.63, 3.8) is 0 Å². The van der Waals surface area contributed by atoms with Gasteiger partial charge in [0.25, 0.3) is 0 Å². The lowest BCUT2D eigenvalue weighted by molar-refractivity contribution is -0.116. The minimum Gasteiger partial charge on any atom is -0.478 e. The third kappa shape index (κ3) is 4.05. The van der Waals surface area contributed by atoms with Crippen molar-refractivity contribution in [2.75, 3.05) is 5.32 Å². The Morgan fingerprint density at radius 1 is 1.53 bits per heavy atom. The number of carbonyl (C=O) groups is 2. The summed E-state index contributed by atoms with van der Waals surface area (Å²) in [5.41, 5.74) is 5.92. The lowest BCUT2D eigenvalue weighted by Crippen LogP contribution is -2.24. The van der Waals surface area contributed by atoms with Gasteiger partial charge in [-0.3, -0.25) is 4.79 Å². The molecule has 0 aliphatic rings. The van der Waals surface area contributed by atoms with Gasteiger partial charge in [-0.05, 0) is 25.1 Å². The van der Waals surface area contributed by atoms with Crippen molar-refractivity contribution in [2.24, 2.45) is 5.73 Å². The summed E-state index contributed by atoms with van der Waals surface area (Å²) in [6.07, 6.45) is 0.193. The van der Waals surface area contributed by atoms with Crippen molar-refractivity contribution < 1.29 is 14.7 Å². The Morgan fingerprint density at radius 2 is 2.18 bits per heavy atom. The molecule has 1 unspecified atom stereocenters. The number of rotatable bonds is 4. The molecule has 1 rings (SSSR count). The van der Waals surface area contributed by atoms with Crippen LogP contribution >= 0.6 is 11.6 Å². The Hall–Kier alpha value is -1.59. The SMILES string of the molecule is CC(N)CC(=O)Nc1ccc(C(=O)O)c(Cl)c1. The average molecular weight is 257 g/mol. The molecule has 0 heterocycles. The molecule has 4 N–H and O–H groups in total. The summed E-state index contributed by atoms with van der Waals surface area (Å²) in [4.78, 5) is 22.1. The second-order valence-electron chi connectivity index (χ2n) is 3.73. The highest BCUT2D eigenvalue weighted by Gasteiger charge is 2.10. The highest BCUT2D eigenvalue weighted by molar-refractivity contribution is 6.33. The van der Waals surface area contributed by atoms with E-state index in [-0.39, 0.29) is 29.0 Å². The van der Waals surface area contributed by atoms with Gasteiger partial charge in [0.15, 0.2) is 0 Å².